The summed E-state index contributed by atoms with van der Waals surface area (Å²) in [5.41, 5.74) is 1.19. The normalized spacial score (nSPS) is 16.9. The molecule has 4 nitrogen and oxygen atoms in total. The van der Waals surface area contributed by atoms with Crippen molar-refractivity contribution in [2.45, 2.75) is 39.0 Å². The lowest BCUT2D eigenvalue weighted by molar-refractivity contribution is -0.121. The van der Waals surface area contributed by atoms with Gasteiger partial charge < -0.3 is 5.32 Å². The van der Waals surface area contributed by atoms with Crippen molar-refractivity contribution in [1.29, 1.82) is 0 Å². The molecule has 0 saturated heterocycles. The molecule has 1 aromatic rings. The second-order valence-corrected chi connectivity index (χ2v) is 5.68. The van der Waals surface area contributed by atoms with E-state index in [4.69, 9.17) is 0 Å². The first-order valence-electron chi connectivity index (χ1n) is 6.82. The van der Waals surface area contributed by atoms with E-state index in [1.165, 1.54) is 18.5 Å². The number of hydrogen-bond acceptors (Lipinski definition) is 2. The van der Waals surface area contributed by atoms with Gasteiger partial charge in [-0.05, 0) is 30.7 Å². The summed E-state index contributed by atoms with van der Waals surface area (Å²) in [6.45, 7) is 5.08. The predicted molar refractivity (Wildman–Crippen MR) is 71.1 cm³/mol. The molecule has 1 fully saturated rings. The van der Waals surface area contributed by atoms with Crippen molar-refractivity contribution in [3.63, 3.8) is 0 Å². The molecule has 0 spiro atoms. The fraction of sp³-hybridized carbons (Fsp3) is 0.714. The predicted octanol–water partition coefficient (Wildman–Crippen LogP) is 2.08. The Kier molecular flexibility index (Phi) is 4.04. The zero-order chi connectivity index (χ0) is 13.1. The van der Waals surface area contributed by atoms with Crippen LogP contribution in [-0.4, -0.2) is 22.2 Å². The summed E-state index contributed by atoms with van der Waals surface area (Å²) >= 11 is 0. The first kappa shape index (κ1) is 13.1. The van der Waals surface area contributed by atoms with Crippen molar-refractivity contribution in [2.24, 2.45) is 18.9 Å². The van der Waals surface area contributed by atoms with Crippen molar-refractivity contribution in [2.75, 3.05) is 6.54 Å². The van der Waals surface area contributed by atoms with Crippen molar-refractivity contribution < 1.29 is 4.79 Å². The molecule has 1 aliphatic rings. The molecule has 0 radical (unpaired) electrons. The molecule has 100 valence electrons. The third-order valence-corrected chi connectivity index (χ3v) is 3.73. The van der Waals surface area contributed by atoms with Crippen LogP contribution in [0.1, 0.15) is 44.7 Å². The Morgan fingerprint density at radius 1 is 1.56 bits per heavy atom. The number of nitrogens with one attached hydrogen (secondary N) is 1. The molecule has 2 rings (SSSR count). The summed E-state index contributed by atoms with van der Waals surface area (Å²) < 4.78 is 1.90. The van der Waals surface area contributed by atoms with Crippen LogP contribution in [0.4, 0.5) is 0 Å². The number of hydrogen-bond donors (Lipinski definition) is 1. The number of nitrogens with zero attached hydrogens (tertiary/aromatic N) is 2. The SMILES string of the molecule is CC(C)[C@@H](CNC(=O)CC1CC1)c1ccnn1C. The van der Waals surface area contributed by atoms with E-state index in [0.717, 1.165) is 0 Å². The lowest BCUT2D eigenvalue weighted by Crippen LogP contribution is -2.31. The average molecular weight is 249 g/mol. The Morgan fingerprint density at radius 3 is 2.78 bits per heavy atom. The number of carbonyl (C=O) groups is 1. The number of aromatic nitrogens is 2. The average Bonchev–Trinajstić information content (AvgIpc) is 3.01. The van der Waals surface area contributed by atoms with Crippen molar-refractivity contribution >= 4 is 5.91 Å². The minimum absolute atomic E-state index is 0.199. The summed E-state index contributed by atoms with van der Waals surface area (Å²) in [6, 6.07) is 2.04. The number of rotatable bonds is 6. The maximum Gasteiger partial charge on any atom is 0.220 e. The molecular weight excluding hydrogens is 226 g/mol. The van der Waals surface area contributed by atoms with E-state index < -0.39 is 0 Å². The topological polar surface area (TPSA) is 46.9 Å². The van der Waals surface area contributed by atoms with E-state index in [1.54, 1.807) is 0 Å². The van der Waals surface area contributed by atoms with E-state index in [1.807, 2.05) is 24.0 Å². The Morgan fingerprint density at radius 2 is 2.28 bits per heavy atom. The molecular formula is C14H23N3O. The molecule has 1 saturated carbocycles. The van der Waals surface area contributed by atoms with E-state index >= 15 is 0 Å². The van der Waals surface area contributed by atoms with Crippen molar-refractivity contribution in [1.82, 2.24) is 15.1 Å². The van der Waals surface area contributed by atoms with Gasteiger partial charge in [0.05, 0.1) is 0 Å². The smallest absolute Gasteiger partial charge is 0.220 e. The molecule has 1 atom stereocenters. The van der Waals surface area contributed by atoms with E-state index in [2.05, 4.69) is 24.3 Å². The number of carbonyl (C=O) groups excluding carboxylic acids is 1. The van der Waals surface area contributed by atoms with E-state index in [-0.39, 0.29) is 5.91 Å². The largest absolute Gasteiger partial charge is 0.355 e. The van der Waals surface area contributed by atoms with Gasteiger partial charge in [-0.3, -0.25) is 9.48 Å². The summed E-state index contributed by atoms with van der Waals surface area (Å²) in [7, 11) is 1.96. The third kappa shape index (κ3) is 3.34. The standard InChI is InChI=1S/C14H23N3O/c1-10(2)12(13-6-7-16-17(13)3)9-15-14(18)8-11-4-5-11/h6-7,10-12H,4-5,8-9H2,1-3H3,(H,15,18)/t12-/m1/s1. The van der Waals surface area contributed by atoms with Crippen LogP contribution in [0.15, 0.2) is 12.3 Å². The molecule has 18 heavy (non-hydrogen) atoms. The Labute approximate surface area is 109 Å². The van der Waals surface area contributed by atoms with Gasteiger partial charge in [-0.25, -0.2) is 0 Å². The van der Waals surface area contributed by atoms with Crippen LogP contribution in [-0.2, 0) is 11.8 Å². The monoisotopic (exact) mass is 249 g/mol. The molecule has 1 amide bonds. The molecule has 0 aliphatic heterocycles. The van der Waals surface area contributed by atoms with Gasteiger partial charge in [-0.1, -0.05) is 13.8 Å². The minimum Gasteiger partial charge on any atom is -0.355 e. The second kappa shape index (κ2) is 5.55. The zero-order valence-corrected chi connectivity index (χ0v) is 11.5. The highest BCUT2D eigenvalue weighted by Crippen LogP contribution is 2.32. The Hall–Kier alpha value is -1.32. The van der Waals surface area contributed by atoms with Gasteiger partial charge in [-0.2, -0.15) is 5.10 Å². The van der Waals surface area contributed by atoms with E-state index in [9.17, 15) is 4.79 Å². The molecule has 4 heteroatoms. The summed E-state index contributed by atoms with van der Waals surface area (Å²) in [6.07, 6.45) is 4.97. The number of aryl methyl sites for hydroxylation is 1. The summed E-state index contributed by atoms with van der Waals surface area (Å²) in [5.74, 6) is 1.67. The van der Waals surface area contributed by atoms with Crippen LogP contribution in [0.2, 0.25) is 0 Å². The molecule has 1 heterocycles. The van der Waals surface area contributed by atoms with Crippen LogP contribution in [0.3, 0.4) is 0 Å². The van der Waals surface area contributed by atoms with Gasteiger partial charge in [0.15, 0.2) is 0 Å². The zero-order valence-electron chi connectivity index (χ0n) is 11.5. The van der Waals surface area contributed by atoms with Gasteiger partial charge in [0.1, 0.15) is 0 Å². The molecule has 0 aromatic carbocycles. The quantitative estimate of drug-likeness (QED) is 0.839. The fourth-order valence-corrected chi connectivity index (χ4v) is 2.31. The van der Waals surface area contributed by atoms with Crippen LogP contribution in [0.25, 0.3) is 0 Å². The Balaban J connectivity index is 1.90. The highest BCUT2D eigenvalue weighted by molar-refractivity contribution is 5.76. The van der Waals surface area contributed by atoms with Gasteiger partial charge in [0.25, 0.3) is 0 Å². The number of amides is 1. The van der Waals surface area contributed by atoms with Crippen LogP contribution in [0, 0.1) is 11.8 Å². The molecule has 1 aromatic heterocycles. The highest BCUT2D eigenvalue weighted by atomic mass is 16.1. The van der Waals surface area contributed by atoms with Crippen molar-refractivity contribution in [3.8, 4) is 0 Å². The van der Waals surface area contributed by atoms with Crippen LogP contribution in [0.5, 0.6) is 0 Å². The summed E-state index contributed by atoms with van der Waals surface area (Å²) in [4.78, 5) is 11.7. The maximum atomic E-state index is 11.7. The third-order valence-electron chi connectivity index (χ3n) is 3.73. The van der Waals surface area contributed by atoms with Gasteiger partial charge in [-0.15, -0.1) is 0 Å². The highest BCUT2D eigenvalue weighted by Gasteiger charge is 2.25. The maximum absolute atomic E-state index is 11.7. The Bertz CT molecular complexity index is 407. The fourth-order valence-electron chi connectivity index (χ4n) is 2.31. The summed E-state index contributed by atoms with van der Waals surface area (Å²) in [5, 5.41) is 7.28. The van der Waals surface area contributed by atoms with Crippen LogP contribution < -0.4 is 5.32 Å². The van der Waals surface area contributed by atoms with Gasteiger partial charge in [0.2, 0.25) is 5.91 Å². The lowest BCUT2D eigenvalue weighted by Gasteiger charge is -2.21. The molecule has 1 aliphatic carbocycles. The van der Waals surface area contributed by atoms with Gasteiger partial charge >= 0.3 is 0 Å². The van der Waals surface area contributed by atoms with Crippen molar-refractivity contribution in [3.05, 3.63) is 18.0 Å². The van der Waals surface area contributed by atoms with E-state index in [0.29, 0.717) is 30.7 Å². The second-order valence-electron chi connectivity index (χ2n) is 5.68. The minimum atomic E-state index is 0.199. The first-order chi connectivity index (χ1) is 8.58. The first-order valence-corrected chi connectivity index (χ1v) is 6.82. The van der Waals surface area contributed by atoms with Gasteiger partial charge in [0, 0.05) is 37.8 Å². The van der Waals surface area contributed by atoms with Crippen LogP contribution >= 0.6 is 0 Å². The molecule has 0 bridgehead atoms. The molecule has 0 unspecified atom stereocenters. The molecule has 1 N–H and O–H groups in total. The lowest BCUT2D eigenvalue weighted by atomic mass is 9.92.